The number of pyridine rings is 1. The third-order valence-corrected chi connectivity index (χ3v) is 5.92. The molecule has 0 saturated carbocycles. The topological polar surface area (TPSA) is 45.2 Å². The maximum atomic E-state index is 14.2. The van der Waals surface area contributed by atoms with Crippen molar-refractivity contribution in [2.24, 2.45) is 0 Å². The number of carbonyl (C=O) groups is 1. The Morgan fingerprint density at radius 2 is 2.19 bits per heavy atom. The molecule has 4 rings (SSSR count). The van der Waals surface area contributed by atoms with Gasteiger partial charge in [0.15, 0.2) is 0 Å². The van der Waals surface area contributed by atoms with E-state index in [2.05, 4.69) is 10.3 Å². The van der Waals surface area contributed by atoms with Gasteiger partial charge in [-0.1, -0.05) is 12.1 Å². The number of aromatic nitrogens is 1. The number of nitrogens with one attached hydrogen (secondary N) is 1. The quantitative estimate of drug-likeness (QED) is 0.719. The molecule has 0 bridgehead atoms. The zero-order valence-electron chi connectivity index (χ0n) is 14.2. The summed E-state index contributed by atoms with van der Waals surface area (Å²) in [4.78, 5) is 19.9. The molecule has 1 aliphatic rings. The van der Waals surface area contributed by atoms with E-state index in [1.54, 1.807) is 18.5 Å². The lowest BCUT2D eigenvalue weighted by Crippen LogP contribution is -2.48. The smallest absolute Gasteiger partial charge is 0.264 e. The van der Waals surface area contributed by atoms with Crippen LogP contribution in [0.2, 0.25) is 0 Å². The Kier molecular flexibility index (Phi) is 5.55. The zero-order valence-corrected chi connectivity index (χ0v) is 15.9. The van der Waals surface area contributed by atoms with Gasteiger partial charge >= 0.3 is 0 Å². The van der Waals surface area contributed by atoms with Crippen molar-refractivity contribution in [1.29, 1.82) is 0 Å². The molecule has 0 radical (unpaired) electrons. The third-order valence-electron chi connectivity index (χ3n) is 4.67. The van der Waals surface area contributed by atoms with Crippen LogP contribution in [0.4, 0.5) is 4.39 Å². The summed E-state index contributed by atoms with van der Waals surface area (Å²) in [5.74, 6) is -0.303. The van der Waals surface area contributed by atoms with Crippen LogP contribution in [0.5, 0.6) is 0 Å². The van der Waals surface area contributed by atoms with Gasteiger partial charge in [-0.05, 0) is 36.2 Å². The summed E-state index contributed by atoms with van der Waals surface area (Å²) in [6, 6.07) is 8.80. The van der Waals surface area contributed by atoms with E-state index < -0.39 is 0 Å². The van der Waals surface area contributed by atoms with E-state index in [1.165, 1.54) is 17.4 Å². The van der Waals surface area contributed by atoms with Gasteiger partial charge in [-0.15, -0.1) is 23.7 Å². The minimum atomic E-state index is -0.269. The van der Waals surface area contributed by atoms with Crippen LogP contribution in [0.3, 0.4) is 0 Å². The molecule has 136 valence electrons. The average molecular weight is 392 g/mol. The van der Waals surface area contributed by atoms with Gasteiger partial charge in [-0.2, -0.15) is 0 Å². The Labute approximate surface area is 161 Å². The molecule has 0 aliphatic carbocycles. The Morgan fingerprint density at radius 1 is 1.35 bits per heavy atom. The van der Waals surface area contributed by atoms with Crippen molar-refractivity contribution in [3.05, 3.63) is 64.5 Å². The van der Waals surface area contributed by atoms with E-state index in [1.807, 2.05) is 30.0 Å². The van der Waals surface area contributed by atoms with Gasteiger partial charge in [0.1, 0.15) is 5.82 Å². The molecule has 1 amide bonds. The largest absolute Gasteiger partial charge is 0.328 e. The van der Waals surface area contributed by atoms with Crippen LogP contribution >= 0.6 is 23.7 Å². The van der Waals surface area contributed by atoms with Crippen LogP contribution in [-0.2, 0) is 0 Å². The number of nitrogens with zero attached hydrogens (tertiary/aromatic N) is 2. The number of benzene rings is 1. The van der Waals surface area contributed by atoms with Crippen molar-refractivity contribution in [3.8, 4) is 0 Å². The minimum absolute atomic E-state index is 0. The molecule has 3 heterocycles. The van der Waals surface area contributed by atoms with Gasteiger partial charge in [-0.3, -0.25) is 9.78 Å². The Morgan fingerprint density at radius 3 is 2.92 bits per heavy atom. The number of piperazine rings is 1. The lowest BCUT2D eigenvalue weighted by molar-refractivity contribution is 0.0638. The maximum absolute atomic E-state index is 14.2. The summed E-state index contributed by atoms with van der Waals surface area (Å²) in [6.45, 7) is 3.89. The second kappa shape index (κ2) is 7.70. The fraction of sp³-hybridized carbons (Fsp3) is 0.263. The van der Waals surface area contributed by atoms with Crippen LogP contribution in [0.1, 0.15) is 26.8 Å². The van der Waals surface area contributed by atoms with Crippen molar-refractivity contribution in [1.82, 2.24) is 15.2 Å². The molecule has 1 fully saturated rings. The molecule has 1 unspecified atom stereocenters. The first kappa shape index (κ1) is 18.8. The first-order valence-electron chi connectivity index (χ1n) is 8.26. The average Bonchev–Trinajstić information content (AvgIpc) is 3.00. The lowest BCUT2D eigenvalue weighted by Gasteiger charge is -2.36. The number of carbonyl (C=O) groups excluding carboxylic acids is 1. The van der Waals surface area contributed by atoms with Gasteiger partial charge in [-0.25, -0.2) is 4.39 Å². The van der Waals surface area contributed by atoms with Crippen molar-refractivity contribution in [3.63, 3.8) is 0 Å². The fourth-order valence-corrected chi connectivity index (χ4v) is 4.59. The fourth-order valence-electron chi connectivity index (χ4n) is 3.41. The second-order valence-corrected chi connectivity index (χ2v) is 7.23. The lowest BCUT2D eigenvalue weighted by atomic mass is 10.0. The van der Waals surface area contributed by atoms with Gasteiger partial charge in [0.2, 0.25) is 0 Å². The van der Waals surface area contributed by atoms with Crippen LogP contribution in [0, 0.1) is 12.7 Å². The molecule has 1 aromatic carbocycles. The zero-order chi connectivity index (χ0) is 17.4. The molecule has 2 aromatic heterocycles. The molecule has 4 nitrogen and oxygen atoms in total. The van der Waals surface area contributed by atoms with E-state index in [4.69, 9.17) is 0 Å². The van der Waals surface area contributed by atoms with E-state index in [0.29, 0.717) is 23.4 Å². The van der Waals surface area contributed by atoms with E-state index in [-0.39, 0.29) is 30.2 Å². The molecule has 1 atom stereocenters. The summed E-state index contributed by atoms with van der Waals surface area (Å²) in [5.41, 5.74) is 1.74. The summed E-state index contributed by atoms with van der Waals surface area (Å²) < 4.78 is 15.0. The Bertz CT molecular complexity index is 931. The Balaban J connectivity index is 0.00000196. The molecule has 0 spiro atoms. The number of hydrogen-bond donors (Lipinski definition) is 1. The first-order valence-corrected chi connectivity index (χ1v) is 9.07. The van der Waals surface area contributed by atoms with Gasteiger partial charge in [0, 0.05) is 42.1 Å². The van der Waals surface area contributed by atoms with Gasteiger partial charge in [0.25, 0.3) is 5.91 Å². The number of rotatable bonds is 2. The monoisotopic (exact) mass is 391 g/mol. The van der Waals surface area contributed by atoms with Crippen LogP contribution in [0.25, 0.3) is 10.1 Å². The van der Waals surface area contributed by atoms with Gasteiger partial charge < -0.3 is 10.2 Å². The highest BCUT2D eigenvalue weighted by atomic mass is 35.5. The Hall–Kier alpha value is -2.02. The van der Waals surface area contributed by atoms with Crippen molar-refractivity contribution >= 4 is 39.7 Å². The second-order valence-electron chi connectivity index (χ2n) is 6.17. The van der Waals surface area contributed by atoms with E-state index >= 15 is 0 Å². The number of halogens is 2. The van der Waals surface area contributed by atoms with Crippen molar-refractivity contribution in [2.45, 2.75) is 13.0 Å². The highest BCUT2D eigenvalue weighted by Gasteiger charge is 2.31. The van der Waals surface area contributed by atoms with E-state index in [9.17, 15) is 9.18 Å². The summed E-state index contributed by atoms with van der Waals surface area (Å²) >= 11 is 1.37. The molecular formula is C19H19ClFN3OS. The van der Waals surface area contributed by atoms with Crippen molar-refractivity contribution < 1.29 is 9.18 Å². The standard InChI is InChI=1S/C19H18FN3OS.ClH/c1-12-17-14(20)5-2-6-16(17)25-18(12)19(24)23-9-8-22-11-15(23)13-4-3-7-21-10-13;/h2-7,10,15,22H,8-9,11H2,1H3;1H. The predicted octanol–water partition coefficient (Wildman–Crippen LogP) is 3.95. The third kappa shape index (κ3) is 3.20. The summed E-state index contributed by atoms with van der Waals surface area (Å²) in [6.07, 6.45) is 3.53. The molecule has 26 heavy (non-hydrogen) atoms. The molecule has 1 saturated heterocycles. The molecule has 3 aromatic rings. The highest BCUT2D eigenvalue weighted by molar-refractivity contribution is 7.21. The van der Waals surface area contributed by atoms with Crippen LogP contribution in [0.15, 0.2) is 42.7 Å². The number of thiophene rings is 1. The predicted molar refractivity (Wildman–Crippen MR) is 105 cm³/mol. The number of amides is 1. The molecule has 7 heteroatoms. The summed E-state index contributed by atoms with van der Waals surface area (Å²) in [5, 5.41) is 3.90. The number of aryl methyl sites for hydroxylation is 1. The number of fused-ring (bicyclic) bond motifs is 1. The van der Waals surface area contributed by atoms with Crippen LogP contribution < -0.4 is 5.32 Å². The highest BCUT2D eigenvalue weighted by Crippen LogP contribution is 2.35. The SMILES string of the molecule is Cc1c(C(=O)N2CCNCC2c2cccnc2)sc2cccc(F)c12.Cl. The normalized spacial score (nSPS) is 17.2. The van der Waals surface area contributed by atoms with Crippen molar-refractivity contribution in [2.75, 3.05) is 19.6 Å². The summed E-state index contributed by atoms with van der Waals surface area (Å²) in [7, 11) is 0. The molecule has 1 N–H and O–H groups in total. The molecular weight excluding hydrogens is 373 g/mol. The van der Waals surface area contributed by atoms with Crippen LogP contribution in [-0.4, -0.2) is 35.4 Å². The molecule has 1 aliphatic heterocycles. The van der Waals surface area contributed by atoms with Gasteiger partial charge in [0.05, 0.1) is 10.9 Å². The number of hydrogen-bond acceptors (Lipinski definition) is 4. The minimum Gasteiger partial charge on any atom is -0.328 e. The van der Waals surface area contributed by atoms with E-state index in [0.717, 1.165) is 22.4 Å². The first-order chi connectivity index (χ1) is 12.2. The maximum Gasteiger partial charge on any atom is 0.264 e.